The van der Waals surface area contributed by atoms with Gasteiger partial charge in [0.25, 0.3) is 0 Å². The van der Waals surface area contributed by atoms with Gasteiger partial charge in [-0.05, 0) is 35.4 Å². The number of hydrogen-bond acceptors (Lipinski definition) is 5. The molecule has 5 aromatic rings. The minimum absolute atomic E-state index is 0.123. The van der Waals surface area contributed by atoms with E-state index >= 15 is 0 Å². The zero-order valence-corrected chi connectivity index (χ0v) is 19.7. The van der Waals surface area contributed by atoms with E-state index in [1.165, 1.54) is 0 Å². The third kappa shape index (κ3) is 5.18. The highest BCUT2D eigenvalue weighted by atomic mass is 16.6. The first-order chi connectivity index (χ1) is 17.7. The Hall–Kier alpha value is -4.71. The summed E-state index contributed by atoms with van der Waals surface area (Å²) in [6, 6.07) is 32.2. The number of aromatic nitrogens is 3. The molecular weight excluding hydrogens is 450 g/mol. The van der Waals surface area contributed by atoms with E-state index in [2.05, 4.69) is 24.8 Å². The highest BCUT2D eigenvalue weighted by Gasteiger charge is 2.17. The predicted octanol–water partition coefficient (Wildman–Crippen LogP) is 5.79. The molecule has 0 saturated heterocycles. The van der Waals surface area contributed by atoms with Gasteiger partial charge < -0.3 is 9.47 Å². The molecule has 1 aromatic heterocycles. The molecule has 0 radical (unpaired) electrons. The fourth-order valence-electron chi connectivity index (χ4n) is 4.06. The second-order valence-corrected chi connectivity index (χ2v) is 8.21. The van der Waals surface area contributed by atoms with E-state index in [0.717, 1.165) is 50.8 Å². The van der Waals surface area contributed by atoms with Crippen LogP contribution in [-0.4, -0.2) is 34.2 Å². The molecule has 6 nitrogen and oxygen atoms in total. The van der Waals surface area contributed by atoms with Crippen LogP contribution in [0.4, 0.5) is 0 Å². The van der Waals surface area contributed by atoms with Gasteiger partial charge in [0.05, 0.1) is 5.69 Å². The van der Waals surface area contributed by atoms with E-state index < -0.39 is 5.97 Å². The van der Waals surface area contributed by atoms with Crippen molar-refractivity contribution in [3.63, 3.8) is 0 Å². The van der Waals surface area contributed by atoms with Crippen molar-refractivity contribution in [1.29, 1.82) is 0 Å². The summed E-state index contributed by atoms with van der Waals surface area (Å²) in [6.07, 6.45) is 1.79. The van der Waals surface area contributed by atoms with E-state index in [1.54, 1.807) is 4.80 Å². The Labute approximate surface area is 209 Å². The van der Waals surface area contributed by atoms with Crippen molar-refractivity contribution < 1.29 is 14.3 Å². The lowest BCUT2D eigenvalue weighted by Crippen LogP contribution is -2.12. The lowest BCUT2D eigenvalue weighted by atomic mass is 9.96. The number of nitrogens with zero attached hydrogens (tertiary/aromatic N) is 3. The summed E-state index contributed by atoms with van der Waals surface area (Å²) in [6.45, 7) is 3.77. The summed E-state index contributed by atoms with van der Waals surface area (Å²) in [7, 11) is 0. The summed E-state index contributed by atoms with van der Waals surface area (Å²) in [5, 5.41) is 9.40. The first kappa shape index (κ1) is 23.1. The van der Waals surface area contributed by atoms with Crippen molar-refractivity contribution >= 4 is 17.0 Å². The minimum atomic E-state index is -0.474. The zero-order valence-electron chi connectivity index (χ0n) is 19.7. The van der Waals surface area contributed by atoms with Crippen LogP contribution in [0.15, 0.2) is 110 Å². The van der Waals surface area contributed by atoms with Gasteiger partial charge in [-0.1, -0.05) is 79.4 Å². The smallest absolute Gasteiger partial charge is 0.330 e. The van der Waals surface area contributed by atoms with E-state index in [4.69, 9.17) is 19.7 Å². The molecule has 6 heteroatoms. The Morgan fingerprint density at radius 3 is 2.14 bits per heavy atom. The standard InChI is InChI=1S/C30H25N3O3/c1-2-29(34)35-17-18-36-30-24(19-22-11-5-3-6-12-22)20-25(21-26(30)23-13-7-4-8-14-23)33-31-27-15-9-10-16-28(27)32-33/h2-16,20-21H,1,17-19H2. The van der Waals surface area contributed by atoms with Gasteiger partial charge in [0.2, 0.25) is 0 Å². The van der Waals surface area contributed by atoms with Crippen LogP contribution < -0.4 is 4.74 Å². The molecule has 36 heavy (non-hydrogen) atoms. The number of ether oxygens (including phenoxy) is 2. The molecule has 0 aliphatic carbocycles. The molecule has 0 atom stereocenters. The summed E-state index contributed by atoms with van der Waals surface area (Å²) in [4.78, 5) is 13.2. The number of benzene rings is 4. The molecule has 0 spiro atoms. The van der Waals surface area contributed by atoms with Crippen molar-refractivity contribution in [2.75, 3.05) is 13.2 Å². The quantitative estimate of drug-likeness (QED) is 0.153. The van der Waals surface area contributed by atoms with Crippen LogP contribution in [0.1, 0.15) is 11.1 Å². The number of hydrogen-bond donors (Lipinski definition) is 0. The highest BCUT2D eigenvalue weighted by molar-refractivity contribution is 5.81. The Morgan fingerprint density at radius 1 is 0.833 bits per heavy atom. The van der Waals surface area contributed by atoms with E-state index in [9.17, 15) is 4.79 Å². The fraction of sp³-hybridized carbons (Fsp3) is 0.100. The van der Waals surface area contributed by atoms with Gasteiger partial charge in [-0.25, -0.2) is 4.79 Å². The van der Waals surface area contributed by atoms with Crippen LogP contribution in [0, 0.1) is 0 Å². The Bertz CT molecular complexity index is 1460. The first-order valence-electron chi connectivity index (χ1n) is 11.7. The van der Waals surface area contributed by atoms with Crippen molar-refractivity contribution in [2.24, 2.45) is 0 Å². The first-order valence-corrected chi connectivity index (χ1v) is 11.7. The van der Waals surface area contributed by atoms with Gasteiger partial charge in [-0.3, -0.25) is 0 Å². The van der Waals surface area contributed by atoms with Gasteiger partial charge in [0, 0.05) is 23.6 Å². The number of rotatable bonds is 9. The monoisotopic (exact) mass is 475 g/mol. The van der Waals surface area contributed by atoms with Crippen molar-refractivity contribution in [1.82, 2.24) is 15.0 Å². The van der Waals surface area contributed by atoms with Crippen LogP contribution in [0.2, 0.25) is 0 Å². The molecule has 4 aromatic carbocycles. The van der Waals surface area contributed by atoms with Crippen LogP contribution in [0.3, 0.4) is 0 Å². The normalized spacial score (nSPS) is 10.8. The summed E-state index contributed by atoms with van der Waals surface area (Å²) < 4.78 is 11.4. The summed E-state index contributed by atoms with van der Waals surface area (Å²) >= 11 is 0. The zero-order chi connectivity index (χ0) is 24.7. The number of carbonyl (C=O) groups excluding carboxylic acids is 1. The predicted molar refractivity (Wildman–Crippen MR) is 140 cm³/mol. The average Bonchev–Trinajstić information content (AvgIpc) is 3.37. The van der Waals surface area contributed by atoms with Gasteiger partial charge in [-0.15, -0.1) is 10.2 Å². The molecule has 0 unspecified atom stereocenters. The lowest BCUT2D eigenvalue weighted by molar-refractivity contribution is -0.138. The molecule has 178 valence electrons. The van der Waals surface area contributed by atoms with Crippen LogP contribution >= 0.6 is 0 Å². The second-order valence-electron chi connectivity index (χ2n) is 8.21. The van der Waals surface area contributed by atoms with Gasteiger partial charge >= 0.3 is 5.97 Å². The maximum Gasteiger partial charge on any atom is 0.330 e. The fourth-order valence-corrected chi connectivity index (χ4v) is 4.06. The highest BCUT2D eigenvalue weighted by Crippen LogP contribution is 2.37. The Kier molecular flexibility index (Phi) is 6.85. The molecule has 1 heterocycles. The third-order valence-corrected chi connectivity index (χ3v) is 5.73. The van der Waals surface area contributed by atoms with Crippen molar-refractivity contribution in [2.45, 2.75) is 6.42 Å². The molecule has 0 bridgehead atoms. The molecule has 0 N–H and O–H groups in total. The van der Waals surface area contributed by atoms with E-state index in [1.807, 2.05) is 78.9 Å². The SMILES string of the molecule is C=CC(=O)OCCOc1c(Cc2ccccc2)cc(-n2nc3ccccc3n2)cc1-c1ccccc1. The Morgan fingerprint density at radius 2 is 1.47 bits per heavy atom. The maximum absolute atomic E-state index is 11.5. The molecule has 0 saturated carbocycles. The van der Waals surface area contributed by atoms with Crippen LogP contribution in [0.25, 0.3) is 27.8 Å². The maximum atomic E-state index is 11.5. The molecule has 0 aliphatic heterocycles. The summed E-state index contributed by atoms with van der Waals surface area (Å²) in [5.41, 5.74) is 6.53. The molecule has 0 fully saturated rings. The number of fused-ring (bicyclic) bond motifs is 1. The van der Waals surface area contributed by atoms with Gasteiger partial charge in [0.15, 0.2) is 0 Å². The largest absolute Gasteiger partial charge is 0.489 e. The Balaban J connectivity index is 1.61. The second kappa shape index (κ2) is 10.7. The average molecular weight is 476 g/mol. The third-order valence-electron chi connectivity index (χ3n) is 5.73. The molecule has 5 rings (SSSR count). The van der Waals surface area contributed by atoms with E-state index in [0.29, 0.717) is 6.42 Å². The van der Waals surface area contributed by atoms with Gasteiger partial charge in [0.1, 0.15) is 30.0 Å². The number of esters is 1. The van der Waals surface area contributed by atoms with Gasteiger partial charge in [-0.2, -0.15) is 4.80 Å². The van der Waals surface area contributed by atoms with Crippen molar-refractivity contribution in [3.8, 4) is 22.6 Å². The number of carbonyl (C=O) groups is 1. The minimum Gasteiger partial charge on any atom is -0.489 e. The van der Waals surface area contributed by atoms with Crippen LogP contribution in [-0.2, 0) is 16.0 Å². The molecule has 0 amide bonds. The van der Waals surface area contributed by atoms with E-state index in [-0.39, 0.29) is 13.2 Å². The van der Waals surface area contributed by atoms with Crippen LogP contribution in [0.5, 0.6) is 5.75 Å². The molecule has 0 aliphatic rings. The topological polar surface area (TPSA) is 66.2 Å². The summed E-state index contributed by atoms with van der Waals surface area (Å²) in [5.74, 6) is 0.263. The van der Waals surface area contributed by atoms with Crippen molar-refractivity contribution in [3.05, 3.63) is 121 Å². The lowest BCUT2D eigenvalue weighted by Gasteiger charge is -2.18. The molecular formula is C30H25N3O3.